The lowest BCUT2D eigenvalue weighted by Gasteiger charge is -1.97. The molecule has 12 heavy (non-hydrogen) atoms. The summed E-state index contributed by atoms with van der Waals surface area (Å²) in [6.07, 6.45) is 4.65. The monoisotopic (exact) mass is 161 g/mol. The first-order valence-electron chi connectivity index (χ1n) is 3.57. The minimum atomic E-state index is -0.121. The van der Waals surface area contributed by atoms with Gasteiger partial charge in [-0.3, -0.25) is 4.79 Å². The molecule has 0 aliphatic carbocycles. The summed E-state index contributed by atoms with van der Waals surface area (Å²) in [5.74, 6) is -0.121. The average Bonchev–Trinajstić information content (AvgIpc) is 2.05. The lowest BCUT2D eigenvalue weighted by atomic mass is 10.0. The first-order valence-corrected chi connectivity index (χ1v) is 3.57. The number of carbonyl (C=O) groups is 1. The molecule has 0 unspecified atom stereocenters. The van der Waals surface area contributed by atoms with E-state index in [1.54, 1.807) is 19.1 Å². The summed E-state index contributed by atoms with van der Waals surface area (Å²) in [6, 6.07) is 1.94. The Morgan fingerprint density at radius 1 is 1.58 bits per heavy atom. The molecule has 0 fully saturated rings. The summed E-state index contributed by atoms with van der Waals surface area (Å²) in [7, 11) is 0. The van der Waals surface area contributed by atoms with Crippen LogP contribution in [0, 0.1) is 11.3 Å². The topological polar surface area (TPSA) is 40.9 Å². The number of nitrogens with zero attached hydrogens (tertiary/aromatic N) is 1. The molecule has 0 N–H and O–H groups in total. The molecule has 0 spiro atoms. The summed E-state index contributed by atoms with van der Waals surface area (Å²) in [4.78, 5) is 11.0. The molecule has 0 heterocycles. The number of Topliss-reactive ketones (excluding diaryl/α,β-unsaturated/α-hetero) is 1. The maximum atomic E-state index is 11.0. The van der Waals surface area contributed by atoms with Gasteiger partial charge in [0.2, 0.25) is 0 Å². The Morgan fingerprint density at radius 3 is 2.42 bits per heavy atom. The van der Waals surface area contributed by atoms with Crippen LogP contribution in [0.4, 0.5) is 0 Å². The Bertz CT molecular complexity index is 289. The van der Waals surface area contributed by atoms with Crippen molar-refractivity contribution in [3.63, 3.8) is 0 Å². The van der Waals surface area contributed by atoms with E-state index >= 15 is 0 Å². The van der Waals surface area contributed by atoms with Crippen molar-refractivity contribution < 1.29 is 4.79 Å². The fourth-order valence-electron chi connectivity index (χ4n) is 0.795. The molecular formula is C10H11NO. The van der Waals surface area contributed by atoms with E-state index in [-0.39, 0.29) is 5.78 Å². The first-order chi connectivity index (χ1) is 5.67. The number of allylic oxidation sites excluding steroid dienone is 5. The highest BCUT2D eigenvalue weighted by Crippen LogP contribution is 2.09. The minimum absolute atomic E-state index is 0.121. The zero-order chi connectivity index (χ0) is 9.56. The second-order valence-corrected chi connectivity index (χ2v) is 2.19. The van der Waals surface area contributed by atoms with Crippen molar-refractivity contribution in [2.24, 2.45) is 0 Å². The molecule has 0 aromatic rings. The Labute approximate surface area is 72.5 Å². The van der Waals surface area contributed by atoms with Crippen LogP contribution in [0.25, 0.3) is 0 Å². The molecule has 0 aromatic heterocycles. The van der Waals surface area contributed by atoms with E-state index in [0.29, 0.717) is 11.1 Å². The van der Waals surface area contributed by atoms with Gasteiger partial charge in [0.25, 0.3) is 0 Å². The molecule has 62 valence electrons. The van der Waals surface area contributed by atoms with Crippen molar-refractivity contribution in [1.82, 2.24) is 0 Å². The highest BCUT2D eigenvalue weighted by Gasteiger charge is 2.06. The summed E-state index contributed by atoms with van der Waals surface area (Å²) in [5.41, 5.74) is 0.803. The van der Waals surface area contributed by atoms with Gasteiger partial charge in [0.15, 0.2) is 5.78 Å². The quantitative estimate of drug-likeness (QED) is 0.361. The third-order valence-electron chi connectivity index (χ3n) is 1.36. The zero-order valence-electron chi connectivity index (χ0n) is 7.29. The fraction of sp³-hybridized carbons (Fsp3) is 0.200. The Kier molecular flexibility index (Phi) is 4.40. The van der Waals surface area contributed by atoms with E-state index in [0.717, 1.165) is 0 Å². The molecule has 0 bridgehead atoms. The molecular weight excluding hydrogens is 150 g/mol. The molecule has 0 radical (unpaired) electrons. The molecule has 0 rings (SSSR count). The first kappa shape index (κ1) is 10.4. The van der Waals surface area contributed by atoms with Gasteiger partial charge in [0.05, 0.1) is 11.6 Å². The minimum Gasteiger partial charge on any atom is -0.294 e. The SMILES string of the molecule is C=C/C=C(C(C)=O)\C(C#N)=C/C. The maximum absolute atomic E-state index is 11.0. The summed E-state index contributed by atoms with van der Waals surface area (Å²) < 4.78 is 0. The van der Waals surface area contributed by atoms with E-state index in [1.165, 1.54) is 13.0 Å². The summed E-state index contributed by atoms with van der Waals surface area (Å²) in [5, 5.41) is 8.63. The van der Waals surface area contributed by atoms with Crippen molar-refractivity contribution in [2.75, 3.05) is 0 Å². The van der Waals surface area contributed by atoms with Crippen LogP contribution in [0.5, 0.6) is 0 Å². The fourth-order valence-corrected chi connectivity index (χ4v) is 0.795. The number of hydrogen-bond acceptors (Lipinski definition) is 2. The van der Waals surface area contributed by atoms with Gasteiger partial charge < -0.3 is 0 Å². The molecule has 0 amide bonds. The van der Waals surface area contributed by atoms with Crippen LogP contribution in [-0.4, -0.2) is 5.78 Å². The molecule has 0 atom stereocenters. The van der Waals surface area contributed by atoms with Gasteiger partial charge in [-0.2, -0.15) is 5.26 Å². The Balaban J connectivity index is 5.03. The van der Waals surface area contributed by atoms with Gasteiger partial charge in [0, 0.05) is 5.57 Å². The van der Waals surface area contributed by atoms with Gasteiger partial charge in [-0.25, -0.2) is 0 Å². The molecule has 0 saturated heterocycles. The summed E-state index contributed by atoms with van der Waals surface area (Å²) >= 11 is 0. The average molecular weight is 161 g/mol. The van der Waals surface area contributed by atoms with Crippen molar-refractivity contribution in [3.8, 4) is 6.07 Å². The Hall–Kier alpha value is -1.62. The van der Waals surface area contributed by atoms with Crippen molar-refractivity contribution in [1.29, 1.82) is 5.26 Å². The third kappa shape index (κ3) is 2.55. The number of hydrogen-bond donors (Lipinski definition) is 0. The van der Waals surface area contributed by atoms with Crippen LogP contribution in [0.2, 0.25) is 0 Å². The van der Waals surface area contributed by atoms with Crippen LogP contribution >= 0.6 is 0 Å². The lowest BCUT2D eigenvalue weighted by Crippen LogP contribution is -1.98. The number of ketones is 1. The van der Waals surface area contributed by atoms with Crippen LogP contribution in [0.1, 0.15) is 13.8 Å². The van der Waals surface area contributed by atoms with E-state index in [9.17, 15) is 4.79 Å². The molecule has 2 nitrogen and oxygen atoms in total. The highest BCUT2D eigenvalue weighted by atomic mass is 16.1. The second kappa shape index (κ2) is 5.09. The van der Waals surface area contributed by atoms with E-state index < -0.39 is 0 Å². The lowest BCUT2D eigenvalue weighted by molar-refractivity contribution is -0.113. The summed E-state index contributed by atoms with van der Waals surface area (Å²) in [6.45, 7) is 6.62. The van der Waals surface area contributed by atoms with Crippen LogP contribution in [0.3, 0.4) is 0 Å². The van der Waals surface area contributed by atoms with Crippen LogP contribution < -0.4 is 0 Å². The van der Waals surface area contributed by atoms with Gasteiger partial charge in [-0.15, -0.1) is 0 Å². The predicted molar refractivity (Wildman–Crippen MR) is 48.3 cm³/mol. The van der Waals surface area contributed by atoms with Crippen LogP contribution in [-0.2, 0) is 4.79 Å². The van der Waals surface area contributed by atoms with Gasteiger partial charge in [-0.1, -0.05) is 24.8 Å². The molecule has 2 heteroatoms. The van der Waals surface area contributed by atoms with Gasteiger partial charge >= 0.3 is 0 Å². The number of rotatable bonds is 3. The zero-order valence-corrected chi connectivity index (χ0v) is 7.29. The van der Waals surface area contributed by atoms with Crippen molar-refractivity contribution in [2.45, 2.75) is 13.8 Å². The number of carbonyl (C=O) groups excluding carboxylic acids is 1. The van der Waals surface area contributed by atoms with E-state index in [1.807, 2.05) is 6.07 Å². The number of nitriles is 1. The van der Waals surface area contributed by atoms with Gasteiger partial charge in [-0.05, 0) is 13.8 Å². The predicted octanol–water partition coefficient (Wildman–Crippen LogP) is 2.16. The second-order valence-electron chi connectivity index (χ2n) is 2.19. The van der Waals surface area contributed by atoms with E-state index in [2.05, 4.69) is 6.58 Å². The highest BCUT2D eigenvalue weighted by molar-refractivity contribution is 5.99. The Morgan fingerprint density at radius 2 is 2.17 bits per heavy atom. The van der Waals surface area contributed by atoms with E-state index in [4.69, 9.17) is 5.26 Å². The molecule has 0 saturated carbocycles. The standard InChI is InChI=1S/C10H11NO/c1-4-6-10(8(3)12)9(5-2)7-11/h4-6H,1H2,2-3H3/b9-5-,10-6-. The largest absolute Gasteiger partial charge is 0.294 e. The molecule has 0 aliphatic heterocycles. The maximum Gasteiger partial charge on any atom is 0.161 e. The van der Waals surface area contributed by atoms with Gasteiger partial charge in [0.1, 0.15) is 0 Å². The molecule has 0 aliphatic rings. The van der Waals surface area contributed by atoms with Crippen molar-refractivity contribution in [3.05, 3.63) is 36.0 Å². The van der Waals surface area contributed by atoms with Crippen LogP contribution in [0.15, 0.2) is 36.0 Å². The smallest absolute Gasteiger partial charge is 0.161 e. The third-order valence-corrected chi connectivity index (χ3v) is 1.36. The normalized spacial score (nSPS) is 12.1. The molecule has 0 aromatic carbocycles. The van der Waals surface area contributed by atoms with Crippen molar-refractivity contribution >= 4 is 5.78 Å².